The normalized spacial score (nSPS) is 13.1. The van der Waals surface area contributed by atoms with Crippen LogP contribution >= 0.6 is 0 Å². The largest absolute Gasteiger partial charge is 0.455 e. The standard InChI is InChI=1S/C37H60NO3/c1-6-9-10-11-12-13-14-15-16-17-19-24-32-27-22-28-35(29-32)40-36(23-7-2)41-37(39)34(8-3)31-38(4,5)30-33-25-20-18-21-26-33/h18,20-22,25-29,34,36H,6-17,19,23-24,30-31H2,1-5H3/q+1. The number of hydrogen-bond donors (Lipinski definition) is 0. The van der Waals surface area contributed by atoms with Gasteiger partial charge in [-0.05, 0) is 43.4 Å². The van der Waals surface area contributed by atoms with E-state index in [4.69, 9.17) is 9.47 Å². The second-order valence-electron chi connectivity index (χ2n) is 12.6. The number of carbonyl (C=O) groups is 1. The molecule has 0 saturated carbocycles. The van der Waals surface area contributed by atoms with Gasteiger partial charge in [-0.3, -0.25) is 4.79 Å². The molecule has 0 saturated heterocycles. The van der Waals surface area contributed by atoms with Gasteiger partial charge in [-0.1, -0.05) is 127 Å². The first-order chi connectivity index (χ1) is 19.9. The third kappa shape index (κ3) is 15.5. The molecule has 0 aliphatic rings. The number of esters is 1. The molecule has 2 unspecified atom stereocenters. The number of ether oxygens (including phenoxy) is 2. The van der Waals surface area contributed by atoms with E-state index in [0.717, 1.165) is 42.6 Å². The highest BCUT2D eigenvalue weighted by atomic mass is 16.7. The molecule has 2 atom stereocenters. The first-order valence-corrected chi connectivity index (χ1v) is 16.7. The van der Waals surface area contributed by atoms with Crippen molar-refractivity contribution in [2.45, 2.75) is 130 Å². The molecular weight excluding hydrogens is 506 g/mol. The Balaban J connectivity index is 1.78. The number of aryl methyl sites for hydroxylation is 1. The Hall–Kier alpha value is -2.33. The van der Waals surface area contributed by atoms with Crippen molar-refractivity contribution >= 4 is 5.97 Å². The fourth-order valence-electron chi connectivity index (χ4n) is 5.63. The highest BCUT2D eigenvalue weighted by Gasteiger charge is 2.30. The van der Waals surface area contributed by atoms with Crippen LogP contribution in [0.1, 0.15) is 122 Å². The molecule has 0 amide bonds. The summed E-state index contributed by atoms with van der Waals surface area (Å²) in [7, 11) is 4.37. The van der Waals surface area contributed by atoms with E-state index in [9.17, 15) is 4.79 Å². The number of nitrogens with zero attached hydrogens (tertiary/aromatic N) is 1. The number of benzene rings is 2. The third-order valence-electron chi connectivity index (χ3n) is 8.00. The average molecular weight is 567 g/mol. The van der Waals surface area contributed by atoms with E-state index in [1.807, 2.05) is 12.1 Å². The highest BCUT2D eigenvalue weighted by molar-refractivity contribution is 5.72. The predicted molar refractivity (Wildman–Crippen MR) is 173 cm³/mol. The van der Waals surface area contributed by atoms with Crippen molar-refractivity contribution in [3.63, 3.8) is 0 Å². The summed E-state index contributed by atoms with van der Waals surface area (Å²) in [4.78, 5) is 13.3. The van der Waals surface area contributed by atoms with Gasteiger partial charge in [0.25, 0.3) is 0 Å². The van der Waals surface area contributed by atoms with Gasteiger partial charge in [0.05, 0.1) is 20.6 Å². The molecule has 0 bridgehead atoms. The van der Waals surface area contributed by atoms with Crippen LogP contribution in [0.4, 0.5) is 0 Å². The van der Waals surface area contributed by atoms with Gasteiger partial charge in [-0.25, -0.2) is 0 Å². The minimum atomic E-state index is -0.552. The number of carbonyl (C=O) groups excluding carboxylic acids is 1. The van der Waals surface area contributed by atoms with Crippen molar-refractivity contribution in [1.29, 1.82) is 0 Å². The minimum Gasteiger partial charge on any atom is -0.455 e. The maximum absolute atomic E-state index is 13.3. The van der Waals surface area contributed by atoms with E-state index in [2.05, 4.69) is 77.3 Å². The smallest absolute Gasteiger partial charge is 0.317 e. The van der Waals surface area contributed by atoms with Crippen LogP contribution < -0.4 is 4.74 Å². The number of hydrogen-bond acceptors (Lipinski definition) is 3. The molecular formula is C37H60NO3+. The molecule has 4 nitrogen and oxygen atoms in total. The summed E-state index contributed by atoms with van der Waals surface area (Å²) in [6.45, 7) is 8.07. The molecule has 2 rings (SSSR count). The van der Waals surface area contributed by atoms with E-state index in [1.54, 1.807) is 0 Å². The zero-order chi connectivity index (χ0) is 29.8. The molecule has 0 N–H and O–H groups in total. The molecule has 230 valence electrons. The van der Waals surface area contributed by atoms with Crippen molar-refractivity contribution in [3.8, 4) is 5.75 Å². The molecule has 0 fully saturated rings. The minimum absolute atomic E-state index is 0.151. The highest BCUT2D eigenvalue weighted by Crippen LogP contribution is 2.22. The summed E-state index contributed by atoms with van der Waals surface area (Å²) in [5.74, 6) is 0.483. The van der Waals surface area contributed by atoms with Crippen LogP contribution in [0.2, 0.25) is 0 Å². The molecule has 4 heteroatoms. The maximum atomic E-state index is 13.3. The quantitative estimate of drug-likeness (QED) is 0.0581. The van der Waals surface area contributed by atoms with Gasteiger partial charge in [0.2, 0.25) is 6.29 Å². The summed E-state index contributed by atoms with van der Waals surface area (Å²) in [5.41, 5.74) is 2.58. The maximum Gasteiger partial charge on any atom is 0.317 e. The topological polar surface area (TPSA) is 35.5 Å². The number of rotatable bonds is 23. The molecule has 0 radical (unpaired) electrons. The van der Waals surface area contributed by atoms with Crippen molar-refractivity contribution in [3.05, 3.63) is 65.7 Å². The van der Waals surface area contributed by atoms with Gasteiger partial charge < -0.3 is 14.0 Å². The lowest BCUT2D eigenvalue weighted by molar-refractivity contribution is -0.906. The van der Waals surface area contributed by atoms with Gasteiger partial charge in [0, 0.05) is 12.0 Å². The van der Waals surface area contributed by atoms with E-state index in [1.165, 1.54) is 81.8 Å². The summed E-state index contributed by atoms with van der Waals surface area (Å²) in [6.07, 6.45) is 17.8. The Bertz CT molecular complexity index is 942. The van der Waals surface area contributed by atoms with Crippen LogP contribution in [0.5, 0.6) is 5.75 Å². The lowest BCUT2D eigenvalue weighted by Crippen LogP contribution is -2.45. The van der Waals surface area contributed by atoms with E-state index in [-0.39, 0.29) is 11.9 Å². The Morgan fingerprint density at radius 2 is 1.34 bits per heavy atom. The first kappa shape index (κ1) is 34.9. The Kier molecular flexibility index (Phi) is 17.5. The Morgan fingerprint density at radius 1 is 0.732 bits per heavy atom. The molecule has 2 aromatic rings. The van der Waals surface area contributed by atoms with Crippen molar-refractivity contribution < 1.29 is 18.8 Å². The lowest BCUT2D eigenvalue weighted by atomic mass is 10.0. The predicted octanol–water partition coefficient (Wildman–Crippen LogP) is 9.89. The Morgan fingerprint density at radius 3 is 1.95 bits per heavy atom. The van der Waals surface area contributed by atoms with Crippen molar-refractivity contribution in [1.82, 2.24) is 0 Å². The zero-order valence-electron chi connectivity index (χ0n) is 27.0. The third-order valence-corrected chi connectivity index (χ3v) is 8.00. The number of quaternary nitrogens is 1. The molecule has 0 spiro atoms. The number of unbranched alkanes of at least 4 members (excludes halogenated alkanes) is 10. The van der Waals surface area contributed by atoms with Crippen molar-refractivity contribution in [2.75, 3.05) is 20.6 Å². The van der Waals surface area contributed by atoms with Crippen LogP contribution in [0.3, 0.4) is 0 Å². The zero-order valence-corrected chi connectivity index (χ0v) is 27.0. The summed E-state index contributed by atoms with van der Waals surface area (Å²) in [6, 6.07) is 18.8. The monoisotopic (exact) mass is 566 g/mol. The van der Waals surface area contributed by atoms with Gasteiger partial charge >= 0.3 is 5.97 Å². The van der Waals surface area contributed by atoms with Crippen LogP contribution in [0.25, 0.3) is 0 Å². The van der Waals surface area contributed by atoms with E-state index < -0.39 is 6.29 Å². The molecule has 0 heterocycles. The Labute approximate surface area is 252 Å². The van der Waals surface area contributed by atoms with Crippen LogP contribution in [-0.2, 0) is 22.5 Å². The first-order valence-electron chi connectivity index (χ1n) is 16.7. The molecule has 2 aromatic carbocycles. The second kappa shape index (κ2) is 20.5. The average Bonchev–Trinajstić information content (AvgIpc) is 2.95. The summed E-state index contributed by atoms with van der Waals surface area (Å²) >= 11 is 0. The fraction of sp³-hybridized carbons (Fsp3) is 0.649. The summed E-state index contributed by atoms with van der Waals surface area (Å²) < 4.78 is 13.0. The van der Waals surface area contributed by atoms with Gasteiger partial charge in [-0.15, -0.1) is 0 Å². The van der Waals surface area contributed by atoms with Crippen LogP contribution in [-0.4, -0.2) is 37.4 Å². The second-order valence-corrected chi connectivity index (χ2v) is 12.6. The SMILES string of the molecule is CCCCCCCCCCCCCc1cccc(OC(CCC)OC(=O)C(CC)C[N+](C)(C)Cc2ccccc2)c1. The lowest BCUT2D eigenvalue weighted by Gasteiger charge is -2.33. The molecule has 0 aliphatic heterocycles. The van der Waals surface area contributed by atoms with Crippen molar-refractivity contribution in [2.24, 2.45) is 5.92 Å². The van der Waals surface area contributed by atoms with Gasteiger partial charge in [0.15, 0.2) is 0 Å². The van der Waals surface area contributed by atoms with E-state index in [0.29, 0.717) is 6.42 Å². The van der Waals surface area contributed by atoms with Crippen LogP contribution in [0.15, 0.2) is 54.6 Å². The molecule has 0 aromatic heterocycles. The fourth-order valence-corrected chi connectivity index (χ4v) is 5.63. The molecule has 0 aliphatic carbocycles. The molecule has 41 heavy (non-hydrogen) atoms. The van der Waals surface area contributed by atoms with Crippen LogP contribution in [0, 0.1) is 5.92 Å². The summed E-state index contributed by atoms with van der Waals surface area (Å²) in [5, 5.41) is 0. The van der Waals surface area contributed by atoms with Gasteiger partial charge in [-0.2, -0.15) is 0 Å². The van der Waals surface area contributed by atoms with E-state index >= 15 is 0 Å². The van der Waals surface area contributed by atoms with Gasteiger partial charge in [0.1, 0.15) is 18.2 Å².